The Morgan fingerprint density at radius 3 is 1.62 bits per heavy atom. The molecule has 4 aromatic carbocycles. The molecule has 0 aliphatic heterocycles. The first kappa shape index (κ1) is 21.5. The van der Waals surface area contributed by atoms with E-state index in [4.69, 9.17) is 0 Å². The van der Waals surface area contributed by atoms with Crippen LogP contribution in [0.1, 0.15) is 45.6 Å². The lowest BCUT2D eigenvalue weighted by Crippen LogP contribution is -2.28. The van der Waals surface area contributed by atoms with Crippen LogP contribution in [-0.2, 0) is 6.42 Å². The Morgan fingerprint density at radius 2 is 1.03 bits per heavy atom. The van der Waals surface area contributed by atoms with Crippen molar-refractivity contribution < 1.29 is 30.6 Å². The molecular formula is C28H24O6. The minimum absolute atomic E-state index is 0.0430. The lowest BCUT2D eigenvalue weighted by molar-refractivity contribution is 0.403. The summed E-state index contributed by atoms with van der Waals surface area (Å²) in [5.74, 6) is -0.956. The zero-order chi connectivity index (χ0) is 24.0. The molecule has 0 spiro atoms. The van der Waals surface area contributed by atoms with Gasteiger partial charge in [0.15, 0.2) is 0 Å². The van der Waals surface area contributed by atoms with Crippen molar-refractivity contribution in [3.8, 4) is 34.5 Å². The first-order chi connectivity index (χ1) is 16.3. The Bertz CT molecular complexity index is 1320. The van der Waals surface area contributed by atoms with E-state index in [-0.39, 0.29) is 46.3 Å². The number of hydrogen-bond donors (Lipinski definition) is 6. The molecule has 172 valence electrons. The topological polar surface area (TPSA) is 121 Å². The van der Waals surface area contributed by atoms with Gasteiger partial charge in [-0.15, -0.1) is 0 Å². The van der Waals surface area contributed by atoms with E-state index in [0.29, 0.717) is 17.5 Å². The van der Waals surface area contributed by atoms with E-state index in [2.05, 4.69) is 0 Å². The highest BCUT2D eigenvalue weighted by Crippen LogP contribution is 2.56. The van der Waals surface area contributed by atoms with Crippen molar-refractivity contribution in [2.45, 2.75) is 24.2 Å². The van der Waals surface area contributed by atoms with Crippen molar-refractivity contribution in [3.63, 3.8) is 0 Å². The van der Waals surface area contributed by atoms with E-state index in [1.165, 1.54) is 12.1 Å². The van der Waals surface area contributed by atoms with Gasteiger partial charge in [-0.3, -0.25) is 0 Å². The van der Waals surface area contributed by atoms with E-state index in [1.807, 2.05) is 12.1 Å². The van der Waals surface area contributed by atoms with Crippen LogP contribution in [0.5, 0.6) is 34.5 Å². The molecule has 0 radical (unpaired) electrons. The van der Waals surface area contributed by atoms with Gasteiger partial charge in [0, 0.05) is 29.5 Å². The van der Waals surface area contributed by atoms with Crippen LogP contribution in [0.25, 0.3) is 0 Å². The monoisotopic (exact) mass is 456 g/mol. The maximum absolute atomic E-state index is 10.9. The van der Waals surface area contributed by atoms with Crippen molar-refractivity contribution in [1.29, 1.82) is 0 Å². The number of aromatic hydroxyl groups is 6. The standard InChI is InChI=1S/C28H24O6/c29-19-5-1-15(2-6-19)24-12-18-11-23(33)14-25(34)27(18)28(16-3-7-20(30)8-4-16)26(24)17-9-21(31)13-22(32)10-17/h1-11,13-14,24,26,28-34H,12H2/t24-,26+,28-/m0/s1. The third-order valence-corrected chi connectivity index (χ3v) is 6.66. The third-order valence-electron chi connectivity index (χ3n) is 6.66. The molecule has 6 N–H and O–H groups in total. The van der Waals surface area contributed by atoms with Crippen molar-refractivity contribution in [2.75, 3.05) is 0 Å². The molecule has 6 nitrogen and oxygen atoms in total. The van der Waals surface area contributed by atoms with Crippen LogP contribution in [0.15, 0.2) is 78.9 Å². The maximum Gasteiger partial charge on any atom is 0.123 e. The van der Waals surface area contributed by atoms with Gasteiger partial charge in [-0.2, -0.15) is 0 Å². The second-order valence-electron chi connectivity index (χ2n) is 8.82. The molecule has 0 amide bonds. The van der Waals surface area contributed by atoms with Crippen molar-refractivity contribution in [2.24, 2.45) is 0 Å². The van der Waals surface area contributed by atoms with Crippen LogP contribution >= 0.6 is 0 Å². The third kappa shape index (κ3) is 3.83. The molecule has 0 unspecified atom stereocenters. The molecule has 0 heterocycles. The van der Waals surface area contributed by atoms with E-state index in [9.17, 15) is 30.6 Å². The normalized spacial score (nSPS) is 19.5. The van der Waals surface area contributed by atoms with E-state index >= 15 is 0 Å². The smallest absolute Gasteiger partial charge is 0.123 e. The van der Waals surface area contributed by atoms with Crippen LogP contribution < -0.4 is 0 Å². The fraction of sp³-hybridized carbons (Fsp3) is 0.143. The highest BCUT2D eigenvalue weighted by atomic mass is 16.3. The fourth-order valence-electron chi connectivity index (χ4n) is 5.32. The van der Waals surface area contributed by atoms with Gasteiger partial charge in [-0.05, 0) is 77.1 Å². The van der Waals surface area contributed by atoms with Gasteiger partial charge in [0.05, 0.1) is 0 Å². The quantitative estimate of drug-likeness (QED) is 0.253. The van der Waals surface area contributed by atoms with Gasteiger partial charge >= 0.3 is 0 Å². The van der Waals surface area contributed by atoms with Gasteiger partial charge in [0.1, 0.15) is 34.5 Å². The highest BCUT2D eigenvalue weighted by molar-refractivity contribution is 5.57. The largest absolute Gasteiger partial charge is 0.508 e. The van der Waals surface area contributed by atoms with Crippen LogP contribution in [0.2, 0.25) is 0 Å². The molecule has 3 atom stereocenters. The molecule has 1 aliphatic rings. The lowest BCUT2D eigenvalue weighted by atomic mass is 9.62. The number of phenolic OH excluding ortho intramolecular Hbond substituents is 6. The summed E-state index contributed by atoms with van der Waals surface area (Å²) in [7, 11) is 0. The first-order valence-corrected chi connectivity index (χ1v) is 11.0. The number of rotatable bonds is 3. The molecule has 0 aromatic heterocycles. The molecule has 6 heteroatoms. The van der Waals surface area contributed by atoms with Gasteiger partial charge in [0.2, 0.25) is 0 Å². The Labute approximate surface area is 196 Å². The summed E-state index contributed by atoms with van der Waals surface area (Å²) >= 11 is 0. The second-order valence-corrected chi connectivity index (χ2v) is 8.82. The SMILES string of the molecule is Oc1ccc([C@@H]2c3c(O)cc(O)cc3C[C@@H](c3ccc(O)cc3)[C@H]2c2cc(O)cc(O)c2)cc1. The number of benzene rings is 4. The summed E-state index contributed by atoms with van der Waals surface area (Å²) in [6, 6.07) is 21.0. The summed E-state index contributed by atoms with van der Waals surface area (Å²) in [6.45, 7) is 0. The zero-order valence-corrected chi connectivity index (χ0v) is 18.1. The first-order valence-electron chi connectivity index (χ1n) is 11.0. The minimum Gasteiger partial charge on any atom is -0.508 e. The highest BCUT2D eigenvalue weighted by Gasteiger charge is 2.41. The summed E-state index contributed by atoms with van der Waals surface area (Å²) in [6.07, 6.45) is 0.470. The van der Waals surface area contributed by atoms with Gasteiger partial charge in [-0.25, -0.2) is 0 Å². The van der Waals surface area contributed by atoms with Crippen LogP contribution in [-0.4, -0.2) is 30.6 Å². The van der Waals surface area contributed by atoms with E-state index < -0.39 is 5.92 Å². The lowest BCUT2D eigenvalue weighted by Gasteiger charge is -2.41. The number of fused-ring (bicyclic) bond motifs is 1. The predicted molar refractivity (Wildman–Crippen MR) is 127 cm³/mol. The summed E-state index contributed by atoms with van der Waals surface area (Å²) in [5.41, 5.74) is 3.83. The van der Waals surface area contributed by atoms with Crippen molar-refractivity contribution >= 4 is 0 Å². The Morgan fingerprint density at radius 1 is 0.500 bits per heavy atom. The Hall–Kier alpha value is -4.32. The van der Waals surface area contributed by atoms with Crippen LogP contribution in [0.4, 0.5) is 0 Å². The Balaban J connectivity index is 1.81. The average Bonchev–Trinajstić information content (AvgIpc) is 2.78. The van der Waals surface area contributed by atoms with Crippen molar-refractivity contribution in [1.82, 2.24) is 0 Å². The van der Waals surface area contributed by atoms with Gasteiger partial charge < -0.3 is 30.6 Å². The minimum atomic E-state index is -0.426. The zero-order valence-electron chi connectivity index (χ0n) is 18.1. The number of hydrogen-bond acceptors (Lipinski definition) is 6. The van der Waals surface area contributed by atoms with Gasteiger partial charge in [-0.1, -0.05) is 24.3 Å². The summed E-state index contributed by atoms with van der Waals surface area (Å²) in [4.78, 5) is 0. The summed E-state index contributed by atoms with van der Waals surface area (Å²) in [5, 5.41) is 61.5. The maximum atomic E-state index is 10.9. The second kappa shape index (κ2) is 8.23. The molecule has 5 rings (SSSR count). The van der Waals surface area contributed by atoms with Gasteiger partial charge in [0.25, 0.3) is 0 Å². The number of phenols is 6. The Kier molecular flexibility index (Phi) is 5.21. The predicted octanol–water partition coefficient (Wildman–Crippen LogP) is 5.18. The molecule has 0 saturated heterocycles. The summed E-state index contributed by atoms with van der Waals surface area (Å²) < 4.78 is 0. The molecular weight excluding hydrogens is 432 g/mol. The molecule has 34 heavy (non-hydrogen) atoms. The molecule has 1 aliphatic carbocycles. The van der Waals surface area contributed by atoms with E-state index in [1.54, 1.807) is 54.6 Å². The van der Waals surface area contributed by atoms with E-state index in [0.717, 1.165) is 16.7 Å². The average molecular weight is 456 g/mol. The fourth-order valence-corrected chi connectivity index (χ4v) is 5.32. The molecule has 4 aromatic rings. The molecule has 0 bridgehead atoms. The molecule has 0 saturated carbocycles. The van der Waals surface area contributed by atoms with Crippen LogP contribution in [0, 0.1) is 0 Å². The van der Waals surface area contributed by atoms with Crippen LogP contribution in [0.3, 0.4) is 0 Å². The van der Waals surface area contributed by atoms with Crippen molar-refractivity contribution in [3.05, 3.63) is 107 Å². The molecule has 0 fully saturated rings.